The van der Waals surface area contributed by atoms with Gasteiger partial charge in [0, 0.05) is 12.4 Å². The molecule has 0 spiro atoms. The second-order valence-electron chi connectivity index (χ2n) is 4.02. The highest BCUT2D eigenvalue weighted by molar-refractivity contribution is 5.79. The van der Waals surface area contributed by atoms with E-state index in [-0.39, 0.29) is 6.04 Å². The third kappa shape index (κ3) is 1.63. The highest BCUT2D eigenvalue weighted by atomic mass is 16.4. The third-order valence-corrected chi connectivity index (χ3v) is 3.28. The summed E-state index contributed by atoms with van der Waals surface area (Å²) in [5.41, 5.74) is -0.767. The summed E-state index contributed by atoms with van der Waals surface area (Å²) in [5, 5.41) is 16.3. The number of likely N-dealkylation sites (N-methyl/N-ethyl adjacent to an activating group) is 1. The van der Waals surface area contributed by atoms with Crippen molar-refractivity contribution in [3.63, 3.8) is 0 Å². The number of rotatable bonds is 3. The second-order valence-corrected chi connectivity index (χ2v) is 4.02. The SMILES string of the molecule is CNC1(C(=O)O)CCC(n2cccn2)C1. The topological polar surface area (TPSA) is 67.2 Å². The smallest absolute Gasteiger partial charge is 0.323 e. The van der Waals surface area contributed by atoms with Crippen LogP contribution < -0.4 is 5.32 Å². The number of carboxylic acids is 1. The number of hydrogen-bond acceptors (Lipinski definition) is 3. The quantitative estimate of drug-likeness (QED) is 0.767. The van der Waals surface area contributed by atoms with Gasteiger partial charge in [-0.1, -0.05) is 0 Å². The van der Waals surface area contributed by atoms with Crippen molar-refractivity contribution in [1.82, 2.24) is 15.1 Å². The first-order chi connectivity index (χ1) is 7.18. The summed E-state index contributed by atoms with van der Waals surface area (Å²) < 4.78 is 1.85. The predicted octanol–water partition coefficient (Wildman–Crippen LogP) is 0.651. The van der Waals surface area contributed by atoms with Crippen molar-refractivity contribution in [3.8, 4) is 0 Å². The number of aliphatic carboxylic acids is 1. The Morgan fingerprint density at radius 3 is 3.00 bits per heavy atom. The van der Waals surface area contributed by atoms with Crippen molar-refractivity contribution in [2.24, 2.45) is 0 Å². The van der Waals surface area contributed by atoms with Crippen LogP contribution in [0, 0.1) is 0 Å². The van der Waals surface area contributed by atoms with Crippen molar-refractivity contribution in [2.45, 2.75) is 30.8 Å². The molecule has 1 saturated carbocycles. The van der Waals surface area contributed by atoms with Crippen LogP contribution in [0.3, 0.4) is 0 Å². The van der Waals surface area contributed by atoms with Crippen molar-refractivity contribution >= 4 is 5.97 Å². The van der Waals surface area contributed by atoms with E-state index in [1.165, 1.54) is 0 Å². The first-order valence-corrected chi connectivity index (χ1v) is 5.09. The van der Waals surface area contributed by atoms with Crippen LogP contribution in [0.5, 0.6) is 0 Å². The molecule has 2 unspecified atom stereocenters. The average molecular weight is 209 g/mol. The molecule has 5 heteroatoms. The summed E-state index contributed by atoms with van der Waals surface area (Å²) in [5.74, 6) is -0.764. The summed E-state index contributed by atoms with van der Waals surface area (Å²) in [4.78, 5) is 11.2. The average Bonchev–Trinajstić information content (AvgIpc) is 2.87. The molecule has 1 heterocycles. The summed E-state index contributed by atoms with van der Waals surface area (Å²) >= 11 is 0. The van der Waals surface area contributed by atoms with Gasteiger partial charge in [0.2, 0.25) is 0 Å². The Balaban J connectivity index is 2.15. The van der Waals surface area contributed by atoms with Gasteiger partial charge in [0.25, 0.3) is 0 Å². The van der Waals surface area contributed by atoms with Gasteiger partial charge in [0.15, 0.2) is 0 Å². The molecule has 1 aromatic rings. The van der Waals surface area contributed by atoms with Gasteiger partial charge in [0.05, 0.1) is 6.04 Å². The lowest BCUT2D eigenvalue weighted by Crippen LogP contribution is -2.48. The van der Waals surface area contributed by atoms with Gasteiger partial charge in [-0.3, -0.25) is 9.48 Å². The third-order valence-electron chi connectivity index (χ3n) is 3.28. The molecule has 0 amide bonds. The molecule has 5 nitrogen and oxygen atoms in total. The predicted molar refractivity (Wildman–Crippen MR) is 54.5 cm³/mol. The van der Waals surface area contributed by atoms with Gasteiger partial charge < -0.3 is 10.4 Å². The van der Waals surface area contributed by atoms with Crippen LogP contribution in [0.1, 0.15) is 25.3 Å². The lowest BCUT2D eigenvalue weighted by Gasteiger charge is -2.23. The largest absolute Gasteiger partial charge is 0.480 e. The Morgan fingerprint density at radius 1 is 1.73 bits per heavy atom. The maximum Gasteiger partial charge on any atom is 0.323 e. The van der Waals surface area contributed by atoms with Crippen molar-refractivity contribution < 1.29 is 9.90 Å². The van der Waals surface area contributed by atoms with E-state index in [2.05, 4.69) is 10.4 Å². The van der Waals surface area contributed by atoms with E-state index in [0.29, 0.717) is 12.8 Å². The fraction of sp³-hybridized carbons (Fsp3) is 0.600. The highest BCUT2D eigenvalue weighted by Gasteiger charge is 2.45. The Labute approximate surface area is 88.1 Å². The zero-order valence-corrected chi connectivity index (χ0v) is 8.68. The minimum absolute atomic E-state index is 0.198. The lowest BCUT2D eigenvalue weighted by molar-refractivity contribution is -0.144. The van der Waals surface area contributed by atoms with E-state index < -0.39 is 11.5 Å². The van der Waals surface area contributed by atoms with Gasteiger partial charge in [-0.15, -0.1) is 0 Å². The molecule has 2 N–H and O–H groups in total. The fourth-order valence-electron chi connectivity index (χ4n) is 2.27. The first-order valence-electron chi connectivity index (χ1n) is 5.09. The normalized spacial score (nSPS) is 30.6. The molecule has 0 aromatic carbocycles. The molecule has 0 saturated heterocycles. The second kappa shape index (κ2) is 3.66. The summed E-state index contributed by atoms with van der Waals surface area (Å²) in [6, 6.07) is 2.06. The van der Waals surface area contributed by atoms with Crippen molar-refractivity contribution in [3.05, 3.63) is 18.5 Å². The summed E-state index contributed by atoms with van der Waals surface area (Å²) in [6.45, 7) is 0. The molecular formula is C10H15N3O2. The van der Waals surface area contributed by atoms with Crippen LogP contribution in [0.25, 0.3) is 0 Å². The van der Waals surface area contributed by atoms with Gasteiger partial charge >= 0.3 is 5.97 Å². The van der Waals surface area contributed by atoms with E-state index >= 15 is 0 Å². The van der Waals surface area contributed by atoms with Crippen LogP contribution >= 0.6 is 0 Å². The van der Waals surface area contributed by atoms with Gasteiger partial charge in [0.1, 0.15) is 5.54 Å². The monoisotopic (exact) mass is 209 g/mol. The van der Waals surface area contributed by atoms with Crippen LogP contribution in [-0.2, 0) is 4.79 Å². The number of carboxylic acid groups (broad SMARTS) is 1. The molecule has 82 valence electrons. The van der Waals surface area contributed by atoms with E-state index in [4.69, 9.17) is 0 Å². The van der Waals surface area contributed by atoms with Crippen LogP contribution in [0.4, 0.5) is 0 Å². The number of carbonyl (C=O) groups is 1. The Bertz CT molecular complexity index is 350. The first kappa shape index (κ1) is 10.2. The maximum atomic E-state index is 11.2. The van der Waals surface area contributed by atoms with Gasteiger partial charge in [-0.2, -0.15) is 5.10 Å². The minimum Gasteiger partial charge on any atom is -0.480 e. The van der Waals surface area contributed by atoms with E-state index in [1.807, 2.05) is 16.9 Å². The standard InChI is InChI=1S/C10H15N3O2/c1-11-10(9(14)15)4-3-8(7-10)13-6-2-5-12-13/h2,5-6,8,11H,3-4,7H2,1H3,(H,14,15). The number of nitrogens with zero attached hydrogens (tertiary/aromatic N) is 2. The Morgan fingerprint density at radius 2 is 2.53 bits per heavy atom. The lowest BCUT2D eigenvalue weighted by atomic mass is 9.98. The maximum absolute atomic E-state index is 11.2. The van der Waals surface area contributed by atoms with Crippen molar-refractivity contribution in [1.29, 1.82) is 0 Å². The fourth-order valence-corrected chi connectivity index (χ4v) is 2.27. The molecule has 15 heavy (non-hydrogen) atoms. The highest BCUT2D eigenvalue weighted by Crippen LogP contribution is 2.37. The Hall–Kier alpha value is -1.36. The van der Waals surface area contributed by atoms with Gasteiger partial charge in [-0.25, -0.2) is 0 Å². The van der Waals surface area contributed by atoms with E-state index in [9.17, 15) is 9.90 Å². The molecule has 2 rings (SSSR count). The van der Waals surface area contributed by atoms with Crippen molar-refractivity contribution in [2.75, 3.05) is 7.05 Å². The number of hydrogen-bond donors (Lipinski definition) is 2. The van der Waals surface area contributed by atoms with E-state index in [1.54, 1.807) is 13.2 Å². The molecule has 0 radical (unpaired) electrons. The Kier molecular flexibility index (Phi) is 2.48. The molecule has 1 aromatic heterocycles. The molecule has 2 atom stereocenters. The molecule has 1 aliphatic carbocycles. The van der Waals surface area contributed by atoms with Crippen LogP contribution in [0.2, 0.25) is 0 Å². The van der Waals surface area contributed by atoms with Crippen LogP contribution in [0.15, 0.2) is 18.5 Å². The molecule has 0 bridgehead atoms. The number of nitrogens with one attached hydrogen (secondary N) is 1. The molecule has 1 fully saturated rings. The zero-order valence-electron chi connectivity index (χ0n) is 8.68. The molecule has 1 aliphatic rings. The number of aromatic nitrogens is 2. The minimum atomic E-state index is -0.767. The summed E-state index contributed by atoms with van der Waals surface area (Å²) in [7, 11) is 1.71. The van der Waals surface area contributed by atoms with Gasteiger partial charge in [-0.05, 0) is 32.4 Å². The summed E-state index contributed by atoms with van der Waals surface area (Å²) in [6.07, 6.45) is 5.72. The van der Waals surface area contributed by atoms with Crippen LogP contribution in [-0.4, -0.2) is 33.4 Å². The zero-order chi connectivity index (χ0) is 10.9. The van der Waals surface area contributed by atoms with E-state index in [0.717, 1.165) is 6.42 Å². The molecular weight excluding hydrogens is 194 g/mol. The molecule has 0 aliphatic heterocycles.